The van der Waals surface area contributed by atoms with Crippen molar-refractivity contribution in [1.82, 2.24) is 10.2 Å². The summed E-state index contributed by atoms with van der Waals surface area (Å²) >= 11 is 1.57. The Morgan fingerprint density at radius 3 is 2.45 bits per heavy atom. The number of rotatable bonds is 10. The van der Waals surface area contributed by atoms with Gasteiger partial charge in [0.25, 0.3) is 0 Å². The molecule has 0 radical (unpaired) electrons. The van der Waals surface area contributed by atoms with Gasteiger partial charge in [0.1, 0.15) is 11.8 Å². The topological polar surface area (TPSA) is 58.6 Å². The predicted molar refractivity (Wildman–Crippen MR) is 119 cm³/mol. The van der Waals surface area contributed by atoms with Crippen molar-refractivity contribution >= 4 is 23.6 Å². The van der Waals surface area contributed by atoms with Gasteiger partial charge in [-0.25, -0.2) is 0 Å². The van der Waals surface area contributed by atoms with Crippen LogP contribution in [0.4, 0.5) is 0 Å². The Morgan fingerprint density at radius 2 is 1.83 bits per heavy atom. The molecule has 0 aliphatic carbocycles. The minimum Gasteiger partial charge on any atom is -0.497 e. The minimum absolute atomic E-state index is 0.0434. The third-order valence-corrected chi connectivity index (χ3v) is 5.74. The van der Waals surface area contributed by atoms with Gasteiger partial charge in [-0.15, -0.1) is 11.8 Å². The van der Waals surface area contributed by atoms with Crippen LogP contribution in [0.25, 0.3) is 0 Å². The maximum atomic E-state index is 13.0. The molecule has 0 spiro atoms. The van der Waals surface area contributed by atoms with E-state index < -0.39 is 6.04 Å². The lowest BCUT2D eigenvalue weighted by atomic mass is 10.1. The zero-order valence-corrected chi connectivity index (χ0v) is 18.4. The standard InChI is InChI=1S/C23H30N2O3S/c1-5-24-23(27)18(3)25(14-19-10-12-21(28-4)13-11-19)22(26)16-29-15-20-9-7-6-8-17(20)2/h6-13,18H,5,14-16H2,1-4H3,(H,24,27). The fourth-order valence-corrected chi connectivity index (χ4v) is 3.92. The summed E-state index contributed by atoms with van der Waals surface area (Å²) in [5, 5.41) is 2.81. The van der Waals surface area contributed by atoms with Gasteiger partial charge < -0.3 is 15.0 Å². The van der Waals surface area contributed by atoms with E-state index >= 15 is 0 Å². The van der Waals surface area contributed by atoms with Crippen LogP contribution in [0.5, 0.6) is 5.75 Å². The van der Waals surface area contributed by atoms with Crippen LogP contribution in [-0.4, -0.2) is 42.2 Å². The second-order valence-electron chi connectivity index (χ2n) is 6.86. The molecule has 0 saturated heterocycles. The smallest absolute Gasteiger partial charge is 0.242 e. The summed E-state index contributed by atoms with van der Waals surface area (Å²) in [5.74, 6) is 1.67. The summed E-state index contributed by atoms with van der Waals surface area (Å²) < 4.78 is 5.20. The summed E-state index contributed by atoms with van der Waals surface area (Å²) in [4.78, 5) is 27.0. The highest BCUT2D eigenvalue weighted by atomic mass is 32.2. The lowest BCUT2D eigenvalue weighted by Gasteiger charge is -2.28. The summed E-state index contributed by atoms with van der Waals surface area (Å²) in [6.07, 6.45) is 0. The van der Waals surface area contributed by atoms with Gasteiger partial charge in [0.05, 0.1) is 12.9 Å². The molecule has 156 valence electrons. The molecule has 2 aromatic rings. The second-order valence-corrected chi connectivity index (χ2v) is 7.85. The molecule has 6 heteroatoms. The lowest BCUT2D eigenvalue weighted by molar-refractivity contribution is -0.138. The molecule has 0 bridgehead atoms. The van der Waals surface area contributed by atoms with E-state index in [0.29, 0.717) is 18.8 Å². The summed E-state index contributed by atoms with van der Waals surface area (Å²) in [6.45, 7) is 6.64. The normalized spacial score (nSPS) is 11.6. The Morgan fingerprint density at radius 1 is 1.14 bits per heavy atom. The molecule has 1 atom stereocenters. The number of benzene rings is 2. The highest BCUT2D eigenvalue weighted by molar-refractivity contribution is 7.99. The molecule has 0 aliphatic heterocycles. The first-order valence-electron chi connectivity index (χ1n) is 9.78. The average molecular weight is 415 g/mol. The van der Waals surface area contributed by atoms with E-state index in [0.717, 1.165) is 17.1 Å². The zero-order chi connectivity index (χ0) is 21.2. The molecule has 0 fully saturated rings. The van der Waals surface area contributed by atoms with E-state index in [1.807, 2.05) is 43.3 Å². The number of hydrogen-bond donors (Lipinski definition) is 1. The Hall–Kier alpha value is -2.47. The maximum Gasteiger partial charge on any atom is 0.242 e. The molecular weight excluding hydrogens is 384 g/mol. The van der Waals surface area contributed by atoms with Gasteiger partial charge >= 0.3 is 0 Å². The monoisotopic (exact) mass is 414 g/mol. The number of ether oxygens (including phenoxy) is 1. The number of carbonyl (C=O) groups excluding carboxylic acids is 2. The fraction of sp³-hybridized carbons (Fsp3) is 0.391. The van der Waals surface area contributed by atoms with Gasteiger partial charge in [0, 0.05) is 18.8 Å². The largest absolute Gasteiger partial charge is 0.497 e. The van der Waals surface area contributed by atoms with Crippen LogP contribution in [-0.2, 0) is 21.9 Å². The van der Waals surface area contributed by atoms with Crippen molar-refractivity contribution in [1.29, 1.82) is 0 Å². The first kappa shape index (κ1) is 22.8. The predicted octanol–water partition coefficient (Wildman–Crippen LogP) is 3.79. The summed E-state index contributed by atoms with van der Waals surface area (Å²) in [6, 6.07) is 15.2. The van der Waals surface area contributed by atoms with Gasteiger partial charge in [-0.3, -0.25) is 9.59 Å². The molecule has 5 nitrogen and oxygen atoms in total. The number of nitrogens with zero attached hydrogens (tertiary/aromatic N) is 1. The fourth-order valence-electron chi connectivity index (χ4n) is 2.94. The van der Waals surface area contributed by atoms with E-state index in [1.54, 1.807) is 30.7 Å². The molecule has 0 aliphatic rings. The van der Waals surface area contributed by atoms with Gasteiger partial charge in [-0.2, -0.15) is 0 Å². The molecule has 2 aromatic carbocycles. The van der Waals surface area contributed by atoms with Crippen molar-refractivity contribution < 1.29 is 14.3 Å². The third-order valence-electron chi connectivity index (χ3n) is 4.77. The number of likely N-dealkylation sites (N-methyl/N-ethyl adjacent to an activating group) is 1. The Bertz CT molecular complexity index is 808. The van der Waals surface area contributed by atoms with Crippen molar-refractivity contribution in [3.63, 3.8) is 0 Å². The van der Waals surface area contributed by atoms with Crippen LogP contribution < -0.4 is 10.1 Å². The number of methoxy groups -OCH3 is 1. The average Bonchev–Trinajstić information content (AvgIpc) is 2.73. The molecular formula is C23H30N2O3S. The summed E-state index contributed by atoms with van der Waals surface area (Å²) in [7, 11) is 1.62. The number of amides is 2. The summed E-state index contributed by atoms with van der Waals surface area (Å²) in [5.41, 5.74) is 3.40. The Labute approximate surface area is 177 Å². The van der Waals surface area contributed by atoms with Gasteiger partial charge in [0.2, 0.25) is 11.8 Å². The Balaban J connectivity index is 2.06. The number of thioether (sulfide) groups is 1. The highest BCUT2D eigenvalue weighted by Crippen LogP contribution is 2.19. The number of aryl methyl sites for hydroxylation is 1. The van der Waals surface area contributed by atoms with E-state index in [1.165, 1.54) is 11.1 Å². The van der Waals surface area contributed by atoms with Crippen LogP contribution in [0.2, 0.25) is 0 Å². The van der Waals surface area contributed by atoms with Gasteiger partial charge in [-0.1, -0.05) is 36.4 Å². The van der Waals surface area contributed by atoms with Crippen LogP contribution >= 0.6 is 11.8 Å². The van der Waals surface area contributed by atoms with Crippen LogP contribution in [0.3, 0.4) is 0 Å². The number of nitrogens with one attached hydrogen (secondary N) is 1. The van der Waals surface area contributed by atoms with E-state index in [2.05, 4.69) is 24.4 Å². The minimum atomic E-state index is -0.538. The first-order chi connectivity index (χ1) is 14.0. The van der Waals surface area contributed by atoms with Crippen molar-refractivity contribution in [3.05, 3.63) is 65.2 Å². The van der Waals surface area contributed by atoms with Crippen LogP contribution in [0, 0.1) is 6.92 Å². The van der Waals surface area contributed by atoms with Crippen molar-refractivity contribution in [3.8, 4) is 5.75 Å². The van der Waals surface area contributed by atoms with Crippen molar-refractivity contribution in [2.45, 2.75) is 39.1 Å². The molecule has 29 heavy (non-hydrogen) atoms. The molecule has 1 unspecified atom stereocenters. The van der Waals surface area contributed by atoms with E-state index in [-0.39, 0.29) is 11.8 Å². The second kappa shape index (κ2) is 11.5. The first-order valence-corrected chi connectivity index (χ1v) is 10.9. The quantitative estimate of drug-likeness (QED) is 0.643. The number of hydrogen-bond acceptors (Lipinski definition) is 4. The number of carbonyl (C=O) groups is 2. The van der Waals surface area contributed by atoms with Crippen LogP contribution in [0.15, 0.2) is 48.5 Å². The molecule has 2 rings (SSSR count). The highest BCUT2D eigenvalue weighted by Gasteiger charge is 2.25. The van der Waals surface area contributed by atoms with Crippen molar-refractivity contribution in [2.24, 2.45) is 0 Å². The molecule has 0 aromatic heterocycles. The molecule has 0 heterocycles. The maximum absolute atomic E-state index is 13.0. The Kier molecular flexibility index (Phi) is 9.06. The molecule has 1 N–H and O–H groups in total. The lowest BCUT2D eigenvalue weighted by Crippen LogP contribution is -2.48. The SMILES string of the molecule is CCNC(=O)C(C)N(Cc1ccc(OC)cc1)C(=O)CSCc1ccccc1C. The molecule has 0 saturated carbocycles. The van der Waals surface area contributed by atoms with E-state index in [9.17, 15) is 9.59 Å². The third kappa shape index (κ3) is 6.82. The zero-order valence-electron chi connectivity index (χ0n) is 17.6. The van der Waals surface area contributed by atoms with Crippen LogP contribution in [0.1, 0.15) is 30.5 Å². The molecule has 2 amide bonds. The van der Waals surface area contributed by atoms with Gasteiger partial charge in [0.15, 0.2) is 0 Å². The van der Waals surface area contributed by atoms with Gasteiger partial charge in [-0.05, 0) is 49.6 Å². The van der Waals surface area contributed by atoms with E-state index in [4.69, 9.17) is 4.74 Å². The van der Waals surface area contributed by atoms with Crippen molar-refractivity contribution in [2.75, 3.05) is 19.4 Å².